The average molecular weight is 503 g/mol. The molecule has 0 bridgehead atoms. The van der Waals surface area contributed by atoms with E-state index in [2.05, 4.69) is 29.2 Å². The summed E-state index contributed by atoms with van der Waals surface area (Å²) >= 11 is 0. The SMILES string of the molecule is O=C(CCCN1C(=O)c2cccc3cccc(c23)C1=O)N1CCN(C/C=C/c2ccccc2)CC1.[Cl-]. The molecule has 0 spiro atoms. The smallest absolute Gasteiger partial charge is 0.261 e. The number of hydrogen-bond acceptors (Lipinski definition) is 4. The fraction of sp³-hybridized carbons (Fsp3) is 0.276. The molecule has 2 aliphatic rings. The molecular weight excluding hydrogens is 474 g/mol. The molecular formula is C29H29ClN3O3-. The molecule has 0 aliphatic carbocycles. The fourth-order valence-electron chi connectivity index (χ4n) is 4.91. The minimum absolute atomic E-state index is 0. The zero-order valence-electron chi connectivity index (χ0n) is 20.1. The first-order valence-corrected chi connectivity index (χ1v) is 12.2. The molecule has 3 amide bonds. The Kier molecular flexibility index (Phi) is 8.18. The minimum atomic E-state index is -0.274. The first kappa shape index (κ1) is 25.6. The highest BCUT2D eigenvalue weighted by Crippen LogP contribution is 2.30. The zero-order chi connectivity index (χ0) is 24.2. The monoisotopic (exact) mass is 502 g/mol. The van der Waals surface area contributed by atoms with Crippen LogP contribution in [-0.2, 0) is 4.79 Å². The van der Waals surface area contributed by atoms with Crippen LogP contribution < -0.4 is 12.4 Å². The van der Waals surface area contributed by atoms with Gasteiger partial charge in [-0.2, -0.15) is 0 Å². The first-order chi connectivity index (χ1) is 17.1. The standard InChI is InChI=1S/C29H29N3O3.ClH/c33-26(31-20-18-30(19-21-31)16-6-10-22-8-2-1-3-9-22)15-7-17-32-28(34)24-13-4-11-23-12-5-14-25(27(23)24)29(32)35;/h1-6,8-14H,7,15-21H2;1H/p-1/b10-6+;. The van der Waals surface area contributed by atoms with Crippen LogP contribution in [0, 0.1) is 0 Å². The molecule has 2 heterocycles. The first-order valence-electron chi connectivity index (χ1n) is 12.2. The molecule has 0 aromatic heterocycles. The summed E-state index contributed by atoms with van der Waals surface area (Å²) in [5.74, 6) is -0.461. The van der Waals surface area contributed by atoms with Crippen molar-refractivity contribution < 1.29 is 26.8 Å². The van der Waals surface area contributed by atoms with Crippen LogP contribution in [0.4, 0.5) is 0 Å². The van der Waals surface area contributed by atoms with E-state index in [1.165, 1.54) is 10.5 Å². The van der Waals surface area contributed by atoms with Crippen molar-refractivity contribution in [1.29, 1.82) is 0 Å². The van der Waals surface area contributed by atoms with E-state index < -0.39 is 0 Å². The van der Waals surface area contributed by atoms with Gasteiger partial charge >= 0.3 is 0 Å². The predicted molar refractivity (Wildman–Crippen MR) is 137 cm³/mol. The summed E-state index contributed by atoms with van der Waals surface area (Å²) in [6, 6.07) is 21.3. The highest BCUT2D eigenvalue weighted by Gasteiger charge is 2.32. The normalized spacial score (nSPS) is 16.0. The number of nitrogens with zero attached hydrogens (tertiary/aromatic N) is 3. The summed E-state index contributed by atoms with van der Waals surface area (Å²) < 4.78 is 0. The van der Waals surface area contributed by atoms with Crippen molar-refractivity contribution >= 4 is 34.6 Å². The number of rotatable bonds is 7. The van der Waals surface area contributed by atoms with E-state index in [1.54, 1.807) is 12.1 Å². The lowest BCUT2D eigenvalue weighted by Gasteiger charge is -2.34. The average Bonchev–Trinajstić information content (AvgIpc) is 2.90. The van der Waals surface area contributed by atoms with Crippen molar-refractivity contribution in [3.8, 4) is 0 Å². The highest BCUT2D eigenvalue weighted by atomic mass is 35.5. The third-order valence-electron chi connectivity index (χ3n) is 6.83. The van der Waals surface area contributed by atoms with Crippen LogP contribution in [0.1, 0.15) is 39.1 Å². The quantitative estimate of drug-likeness (QED) is 0.454. The van der Waals surface area contributed by atoms with Gasteiger partial charge < -0.3 is 17.3 Å². The largest absolute Gasteiger partial charge is 1.00 e. The maximum Gasteiger partial charge on any atom is 0.261 e. The van der Waals surface area contributed by atoms with E-state index in [9.17, 15) is 14.4 Å². The summed E-state index contributed by atoms with van der Waals surface area (Å²) in [6.07, 6.45) is 5.09. The van der Waals surface area contributed by atoms with Crippen molar-refractivity contribution in [2.24, 2.45) is 0 Å². The summed E-state index contributed by atoms with van der Waals surface area (Å²) in [6.45, 7) is 4.20. The van der Waals surface area contributed by atoms with Crippen molar-refractivity contribution in [1.82, 2.24) is 14.7 Å². The second-order valence-corrected chi connectivity index (χ2v) is 9.07. The molecule has 7 heteroatoms. The van der Waals surface area contributed by atoms with Gasteiger partial charge in [-0.05, 0) is 29.5 Å². The molecule has 36 heavy (non-hydrogen) atoms. The number of piperazine rings is 1. The Labute approximate surface area is 217 Å². The van der Waals surface area contributed by atoms with Gasteiger partial charge in [-0.3, -0.25) is 24.2 Å². The fourth-order valence-corrected chi connectivity index (χ4v) is 4.91. The number of carbonyl (C=O) groups excluding carboxylic acids is 3. The van der Waals surface area contributed by atoms with Gasteiger partial charge in [0.25, 0.3) is 11.8 Å². The second kappa shape index (κ2) is 11.5. The van der Waals surface area contributed by atoms with Crippen molar-refractivity contribution in [2.75, 3.05) is 39.3 Å². The van der Waals surface area contributed by atoms with Gasteiger partial charge in [-0.1, -0.05) is 66.7 Å². The van der Waals surface area contributed by atoms with Gasteiger partial charge in [0.2, 0.25) is 5.91 Å². The second-order valence-electron chi connectivity index (χ2n) is 9.07. The number of imide groups is 1. The molecule has 1 saturated heterocycles. The molecule has 0 saturated carbocycles. The number of hydrogen-bond donors (Lipinski definition) is 0. The molecule has 0 radical (unpaired) electrons. The van der Waals surface area contributed by atoms with Gasteiger partial charge in [-0.15, -0.1) is 0 Å². The zero-order valence-corrected chi connectivity index (χ0v) is 20.9. The van der Waals surface area contributed by atoms with Crippen LogP contribution in [0.5, 0.6) is 0 Å². The van der Waals surface area contributed by atoms with Crippen LogP contribution in [0.15, 0.2) is 72.8 Å². The molecule has 3 aromatic rings. The van der Waals surface area contributed by atoms with Gasteiger partial charge in [0.1, 0.15) is 0 Å². The topological polar surface area (TPSA) is 60.9 Å². The van der Waals surface area contributed by atoms with E-state index in [1.807, 2.05) is 47.4 Å². The summed E-state index contributed by atoms with van der Waals surface area (Å²) in [7, 11) is 0. The predicted octanol–water partition coefficient (Wildman–Crippen LogP) is 1.08. The molecule has 2 aliphatic heterocycles. The maximum atomic E-state index is 13.0. The van der Waals surface area contributed by atoms with Crippen LogP contribution in [0.3, 0.4) is 0 Å². The number of halogens is 1. The molecule has 0 unspecified atom stereocenters. The Bertz CT molecular complexity index is 1230. The van der Waals surface area contributed by atoms with Crippen LogP contribution in [-0.4, -0.2) is 71.7 Å². The van der Waals surface area contributed by atoms with E-state index in [0.717, 1.165) is 30.4 Å². The van der Waals surface area contributed by atoms with Crippen molar-refractivity contribution in [3.05, 3.63) is 89.5 Å². The third-order valence-corrected chi connectivity index (χ3v) is 6.83. The van der Waals surface area contributed by atoms with Crippen LogP contribution in [0.2, 0.25) is 0 Å². The van der Waals surface area contributed by atoms with Crippen LogP contribution >= 0.6 is 0 Å². The van der Waals surface area contributed by atoms with E-state index in [4.69, 9.17) is 0 Å². The summed E-state index contributed by atoms with van der Waals surface area (Å²) in [5, 5.41) is 1.63. The van der Waals surface area contributed by atoms with E-state index in [-0.39, 0.29) is 36.7 Å². The Morgan fingerprint density at radius 1 is 0.806 bits per heavy atom. The van der Waals surface area contributed by atoms with Crippen molar-refractivity contribution in [3.63, 3.8) is 0 Å². The molecule has 0 atom stereocenters. The molecule has 3 aromatic carbocycles. The molecule has 6 nitrogen and oxygen atoms in total. The summed E-state index contributed by atoms with van der Waals surface area (Å²) in [4.78, 5) is 44.3. The number of carbonyl (C=O) groups is 3. The number of amides is 3. The van der Waals surface area contributed by atoms with Gasteiger partial charge in [-0.25, -0.2) is 0 Å². The Morgan fingerprint density at radius 2 is 1.44 bits per heavy atom. The third kappa shape index (κ3) is 5.35. The Balaban J connectivity index is 0.00000304. The van der Waals surface area contributed by atoms with Gasteiger partial charge in [0, 0.05) is 62.2 Å². The lowest BCUT2D eigenvalue weighted by atomic mass is 9.94. The van der Waals surface area contributed by atoms with Gasteiger partial charge in [0.05, 0.1) is 0 Å². The molecule has 5 rings (SSSR count). The highest BCUT2D eigenvalue weighted by molar-refractivity contribution is 6.25. The number of benzene rings is 3. The Hall–Kier alpha value is -3.48. The molecule has 0 N–H and O–H groups in total. The lowest BCUT2D eigenvalue weighted by molar-refractivity contribution is -0.133. The summed E-state index contributed by atoms with van der Waals surface area (Å²) in [5.41, 5.74) is 2.30. The van der Waals surface area contributed by atoms with Crippen molar-refractivity contribution in [2.45, 2.75) is 12.8 Å². The lowest BCUT2D eigenvalue weighted by Crippen LogP contribution is -3.00. The minimum Gasteiger partial charge on any atom is -1.00 e. The molecule has 186 valence electrons. The van der Waals surface area contributed by atoms with Crippen LogP contribution in [0.25, 0.3) is 16.8 Å². The molecule has 1 fully saturated rings. The van der Waals surface area contributed by atoms with E-state index >= 15 is 0 Å². The van der Waals surface area contributed by atoms with E-state index in [0.29, 0.717) is 37.1 Å². The maximum absolute atomic E-state index is 13.0. The van der Waals surface area contributed by atoms with Gasteiger partial charge in [0.15, 0.2) is 0 Å². The Morgan fingerprint density at radius 3 is 2.08 bits per heavy atom.